The van der Waals surface area contributed by atoms with Crippen molar-refractivity contribution in [2.24, 2.45) is 0 Å². The number of halogens is 6. The van der Waals surface area contributed by atoms with Crippen molar-refractivity contribution in [2.45, 2.75) is 38.2 Å². The van der Waals surface area contributed by atoms with Crippen molar-refractivity contribution < 1.29 is 36.2 Å². The lowest BCUT2D eigenvalue weighted by Gasteiger charge is -2.24. The van der Waals surface area contributed by atoms with Crippen LogP contribution >= 0.6 is 12.4 Å². The van der Waals surface area contributed by atoms with Gasteiger partial charge in [0.1, 0.15) is 5.75 Å². The highest BCUT2D eigenvalue weighted by Gasteiger charge is 2.30. The molecule has 11 heteroatoms. The van der Waals surface area contributed by atoms with E-state index in [0.29, 0.717) is 11.3 Å². The molecule has 1 aliphatic carbocycles. The average Bonchev–Trinajstić information content (AvgIpc) is 2.85. The number of ether oxygens (including phenoxy) is 2. The highest BCUT2D eigenvalue weighted by atomic mass is 35.5. The van der Waals surface area contributed by atoms with E-state index >= 15 is 0 Å². The minimum Gasteiger partial charge on any atom is -0.490 e. The second-order valence-corrected chi connectivity index (χ2v) is 7.46. The summed E-state index contributed by atoms with van der Waals surface area (Å²) in [7, 11) is 0. The van der Waals surface area contributed by atoms with Crippen molar-refractivity contribution in [1.29, 1.82) is 0 Å². The summed E-state index contributed by atoms with van der Waals surface area (Å²) in [5, 5.41) is 7.26. The van der Waals surface area contributed by atoms with Gasteiger partial charge in [0.2, 0.25) is 34.8 Å². The Bertz CT molecular complexity index is 1180. The molecular formula is C23H18ClF5N2O3. The largest absolute Gasteiger partial charge is 0.490 e. The van der Waals surface area contributed by atoms with Crippen LogP contribution in [0, 0.1) is 29.1 Å². The van der Waals surface area contributed by atoms with Crippen molar-refractivity contribution in [3.8, 4) is 22.6 Å². The molecule has 34 heavy (non-hydrogen) atoms. The van der Waals surface area contributed by atoms with Gasteiger partial charge in [-0.2, -0.15) is 13.9 Å². The molecule has 180 valence electrons. The van der Waals surface area contributed by atoms with E-state index in [1.165, 1.54) is 12.3 Å². The number of esters is 1. The topological polar surface area (TPSA) is 61.3 Å². The summed E-state index contributed by atoms with van der Waals surface area (Å²) in [6.07, 6.45) is 6.20. The number of aromatic nitrogens is 2. The van der Waals surface area contributed by atoms with Gasteiger partial charge >= 0.3 is 5.97 Å². The second-order valence-electron chi connectivity index (χ2n) is 7.46. The first kappa shape index (κ1) is 25.4. The Morgan fingerprint density at radius 3 is 2.12 bits per heavy atom. The number of hydrogen-bond donors (Lipinski definition) is 0. The normalized spacial score (nSPS) is 13.8. The first-order chi connectivity index (χ1) is 15.9. The molecule has 1 aromatic heterocycles. The molecule has 1 aliphatic rings. The molecule has 0 aliphatic heterocycles. The quantitative estimate of drug-likeness (QED) is 0.137. The average molecular weight is 501 g/mol. The molecule has 4 rings (SSSR count). The monoisotopic (exact) mass is 500 g/mol. The molecule has 2 aromatic carbocycles. The fourth-order valence-corrected chi connectivity index (χ4v) is 3.67. The predicted octanol–water partition coefficient (Wildman–Crippen LogP) is 6.19. The van der Waals surface area contributed by atoms with E-state index in [4.69, 9.17) is 4.74 Å². The van der Waals surface area contributed by atoms with E-state index in [2.05, 4.69) is 14.9 Å². The molecule has 1 heterocycles. The molecule has 0 N–H and O–H groups in total. The molecule has 1 fully saturated rings. The molecule has 0 spiro atoms. The van der Waals surface area contributed by atoms with Gasteiger partial charge in [-0.05, 0) is 37.8 Å². The van der Waals surface area contributed by atoms with Gasteiger partial charge in [0.05, 0.1) is 12.3 Å². The maximum atomic E-state index is 14.0. The maximum Gasteiger partial charge on any atom is 0.365 e. The van der Waals surface area contributed by atoms with E-state index in [0.717, 1.165) is 32.1 Å². The van der Waals surface area contributed by atoms with Crippen LogP contribution in [0.15, 0.2) is 36.5 Å². The van der Waals surface area contributed by atoms with Crippen molar-refractivity contribution in [3.05, 3.63) is 71.3 Å². The molecule has 5 nitrogen and oxygen atoms in total. The number of nitrogens with zero attached hydrogens (tertiary/aromatic N) is 2. The van der Waals surface area contributed by atoms with Crippen LogP contribution in [0.1, 0.15) is 42.6 Å². The molecule has 0 amide bonds. The Kier molecular flexibility index (Phi) is 8.03. The molecule has 0 bridgehead atoms. The van der Waals surface area contributed by atoms with E-state index in [-0.39, 0.29) is 24.1 Å². The number of rotatable bonds is 5. The lowest BCUT2D eigenvalue weighted by Crippen LogP contribution is -2.20. The van der Waals surface area contributed by atoms with Crippen molar-refractivity contribution in [3.63, 3.8) is 0 Å². The number of para-hydroxylation sites is 1. The fourth-order valence-electron chi connectivity index (χ4n) is 3.67. The molecule has 0 atom stereocenters. The summed E-state index contributed by atoms with van der Waals surface area (Å²) in [5.74, 6) is -14.1. The summed E-state index contributed by atoms with van der Waals surface area (Å²) in [5.41, 5.74) is 0.105. The van der Waals surface area contributed by atoms with Gasteiger partial charge in [0, 0.05) is 11.1 Å². The second kappa shape index (κ2) is 10.8. The van der Waals surface area contributed by atoms with Crippen LogP contribution in [-0.2, 0) is 0 Å². The standard InChI is InChI=1S/C23H17F5N2O3.ClH/c24-16-17(25)19(27)22(20(28)18(16)26)33-23(31)21-14(10-11-29-30-21)13-8-4-5-9-15(13)32-12-6-2-1-3-7-12;/h4-5,8-12H,1-3,6-7H2;1H. The summed E-state index contributed by atoms with van der Waals surface area (Å²) in [6, 6.07) is 8.17. The first-order valence-electron chi connectivity index (χ1n) is 10.2. The van der Waals surface area contributed by atoms with E-state index in [1.807, 2.05) is 0 Å². The zero-order chi connectivity index (χ0) is 23.5. The van der Waals surface area contributed by atoms with Gasteiger partial charge in [-0.15, -0.1) is 17.5 Å². The smallest absolute Gasteiger partial charge is 0.365 e. The SMILES string of the molecule is Cl.O=C(Oc1c(F)c(F)c(F)c(F)c1F)c1nnccc1-c1ccccc1OC1CCCCC1. The maximum absolute atomic E-state index is 14.0. The van der Waals surface area contributed by atoms with Gasteiger partial charge < -0.3 is 9.47 Å². The van der Waals surface area contributed by atoms with Gasteiger partial charge in [-0.3, -0.25) is 0 Å². The first-order valence-corrected chi connectivity index (χ1v) is 10.2. The predicted molar refractivity (Wildman–Crippen MR) is 113 cm³/mol. The summed E-state index contributed by atoms with van der Waals surface area (Å²) < 4.78 is 78.8. The van der Waals surface area contributed by atoms with Crippen LogP contribution in [0.4, 0.5) is 22.0 Å². The minimum atomic E-state index is -2.36. The Balaban J connectivity index is 0.00000324. The van der Waals surface area contributed by atoms with Crippen molar-refractivity contribution in [1.82, 2.24) is 10.2 Å². The lowest BCUT2D eigenvalue weighted by atomic mass is 9.97. The van der Waals surface area contributed by atoms with Gasteiger partial charge in [0.25, 0.3) is 0 Å². The zero-order valence-electron chi connectivity index (χ0n) is 17.5. The van der Waals surface area contributed by atoms with Crippen LogP contribution in [0.3, 0.4) is 0 Å². The third kappa shape index (κ3) is 4.96. The highest BCUT2D eigenvalue weighted by molar-refractivity contribution is 5.97. The van der Waals surface area contributed by atoms with Crippen molar-refractivity contribution >= 4 is 18.4 Å². The Hall–Kier alpha value is -3.27. The van der Waals surface area contributed by atoms with Gasteiger partial charge in [-0.1, -0.05) is 24.6 Å². The van der Waals surface area contributed by atoms with E-state index in [9.17, 15) is 26.7 Å². The third-order valence-corrected chi connectivity index (χ3v) is 5.30. The van der Waals surface area contributed by atoms with Crippen LogP contribution in [-0.4, -0.2) is 22.3 Å². The molecule has 0 unspecified atom stereocenters. The Morgan fingerprint density at radius 2 is 1.44 bits per heavy atom. The molecular weight excluding hydrogens is 483 g/mol. The number of benzene rings is 2. The van der Waals surface area contributed by atoms with Crippen LogP contribution in [0.5, 0.6) is 11.5 Å². The Labute approximate surface area is 197 Å². The third-order valence-electron chi connectivity index (χ3n) is 5.30. The lowest BCUT2D eigenvalue weighted by molar-refractivity contribution is 0.0709. The van der Waals surface area contributed by atoms with Crippen LogP contribution in [0.25, 0.3) is 11.1 Å². The van der Waals surface area contributed by atoms with E-state index < -0.39 is 46.5 Å². The van der Waals surface area contributed by atoms with Crippen LogP contribution < -0.4 is 9.47 Å². The zero-order valence-corrected chi connectivity index (χ0v) is 18.3. The molecule has 0 radical (unpaired) electrons. The molecule has 3 aromatic rings. The summed E-state index contributed by atoms with van der Waals surface area (Å²) >= 11 is 0. The number of carbonyl (C=O) groups excluding carboxylic acids is 1. The highest BCUT2D eigenvalue weighted by Crippen LogP contribution is 2.35. The van der Waals surface area contributed by atoms with Crippen LogP contribution in [0.2, 0.25) is 0 Å². The minimum absolute atomic E-state index is 0. The fraction of sp³-hybridized carbons (Fsp3) is 0.261. The molecule has 0 saturated heterocycles. The molecule has 1 saturated carbocycles. The summed E-state index contributed by atoms with van der Waals surface area (Å²) in [4.78, 5) is 12.7. The number of hydrogen-bond acceptors (Lipinski definition) is 5. The number of carbonyl (C=O) groups is 1. The van der Waals surface area contributed by atoms with Gasteiger partial charge in [-0.25, -0.2) is 18.0 Å². The van der Waals surface area contributed by atoms with Gasteiger partial charge in [0.15, 0.2) is 5.69 Å². The van der Waals surface area contributed by atoms with Crippen molar-refractivity contribution in [2.75, 3.05) is 0 Å². The summed E-state index contributed by atoms with van der Waals surface area (Å²) in [6.45, 7) is 0. The van der Waals surface area contributed by atoms with E-state index in [1.54, 1.807) is 24.3 Å². The Morgan fingerprint density at radius 1 is 0.824 bits per heavy atom.